The molecule has 0 saturated carbocycles. The van der Waals surface area contributed by atoms with Gasteiger partial charge in [-0.3, -0.25) is 0 Å². The van der Waals surface area contributed by atoms with Gasteiger partial charge in [0.2, 0.25) is 0 Å². The lowest BCUT2D eigenvalue weighted by Crippen LogP contribution is -2.38. The summed E-state index contributed by atoms with van der Waals surface area (Å²) in [5.74, 6) is 2.10. The van der Waals surface area contributed by atoms with Gasteiger partial charge in [0.15, 0.2) is 0 Å². The Hall–Kier alpha value is -0.790. The average Bonchev–Trinajstić information content (AvgIpc) is 3.02. The summed E-state index contributed by atoms with van der Waals surface area (Å²) in [5.41, 5.74) is 0. The fourth-order valence-electron chi connectivity index (χ4n) is 3.90. The molecule has 0 unspecified atom stereocenters. The maximum absolute atomic E-state index is 2.48. The van der Waals surface area contributed by atoms with Crippen LogP contribution < -0.4 is 4.57 Å². The first-order valence-corrected chi connectivity index (χ1v) is 11.3. The normalized spacial score (nSPS) is 11.6. The fraction of sp³-hybridized carbons (Fsp3) is 0.870. The van der Waals surface area contributed by atoms with Crippen LogP contribution in [0.5, 0.6) is 0 Å². The summed E-state index contributed by atoms with van der Waals surface area (Å²) >= 11 is 0. The molecule has 0 bridgehead atoms. The highest BCUT2D eigenvalue weighted by Crippen LogP contribution is 2.13. The Morgan fingerprint density at radius 1 is 0.760 bits per heavy atom. The second-order valence-corrected chi connectivity index (χ2v) is 8.03. The number of imidazole rings is 1. The van der Waals surface area contributed by atoms with E-state index in [0.29, 0.717) is 5.92 Å². The van der Waals surface area contributed by atoms with E-state index < -0.39 is 0 Å². The second kappa shape index (κ2) is 14.4. The minimum Gasteiger partial charge on any atom is -0.234 e. The van der Waals surface area contributed by atoms with Gasteiger partial charge in [-0.25, -0.2) is 9.13 Å². The molecule has 0 aliphatic rings. The third kappa shape index (κ3) is 9.47. The van der Waals surface area contributed by atoms with Crippen molar-refractivity contribution in [3.8, 4) is 0 Å². The first kappa shape index (κ1) is 22.3. The number of aromatic nitrogens is 2. The van der Waals surface area contributed by atoms with E-state index in [9.17, 15) is 0 Å². The monoisotopic (exact) mass is 349 g/mol. The lowest BCUT2D eigenvalue weighted by Gasteiger charge is -2.07. The van der Waals surface area contributed by atoms with Gasteiger partial charge in [-0.05, 0) is 19.8 Å². The fourth-order valence-corrected chi connectivity index (χ4v) is 3.90. The van der Waals surface area contributed by atoms with Gasteiger partial charge in [-0.1, -0.05) is 91.4 Å². The Bertz CT molecular complexity index is 420. The van der Waals surface area contributed by atoms with E-state index in [4.69, 9.17) is 0 Å². The molecule has 0 amide bonds. The molecule has 1 aromatic rings. The third-order valence-electron chi connectivity index (χ3n) is 5.37. The van der Waals surface area contributed by atoms with Crippen LogP contribution in [0.4, 0.5) is 0 Å². The molecule has 0 saturated heterocycles. The van der Waals surface area contributed by atoms with Crippen molar-refractivity contribution in [3.05, 3.63) is 18.2 Å². The minimum absolute atomic E-state index is 0.608. The van der Waals surface area contributed by atoms with E-state index in [0.717, 1.165) is 6.54 Å². The first-order chi connectivity index (χ1) is 12.2. The number of hydrogen-bond acceptors (Lipinski definition) is 0. The van der Waals surface area contributed by atoms with Crippen LogP contribution in [0, 0.1) is 0 Å². The molecule has 0 aliphatic heterocycles. The molecule has 0 atom stereocenters. The number of aryl methyl sites for hydroxylation is 2. The molecule has 1 rings (SSSR count). The van der Waals surface area contributed by atoms with Crippen molar-refractivity contribution in [2.45, 2.75) is 130 Å². The van der Waals surface area contributed by atoms with Crippen LogP contribution in [0.15, 0.2) is 12.4 Å². The van der Waals surface area contributed by atoms with Crippen molar-refractivity contribution in [3.63, 3.8) is 0 Å². The maximum Gasteiger partial charge on any atom is 0.258 e. The van der Waals surface area contributed by atoms with Gasteiger partial charge in [0.1, 0.15) is 12.4 Å². The Kier molecular flexibility index (Phi) is 12.8. The molecule has 25 heavy (non-hydrogen) atoms. The number of hydrogen-bond donors (Lipinski definition) is 0. The molecule has 146 valence electrons. The molecule has 1 heterocycles. The number of unbranched alkanes of at least 4 members (excludes halogenated alkanes) is 12. The molecular weight excluding hydrogens is 304 g/mol. The second-order valence-electron chi connectivity index (χ2n) is 8.03. The zero-order valence-corrected chi connectivity index (χ0v) is 17.7. The van der Waals surface area contributed by atoms with Crippen molar-refractivity contribution in [1.29, 1.82) is 0 Å². The molecule has 0 fully saturated rings. The Morgan fingerprint density at radius 3 is 1.68 bits per heavy atom. The average molecular weight is 350 g/mol. The van der Waals surface area contributed by atoms with Crippen LogP contribution in [-0.4, -0.2) is 4.57 Å². The first-order valence-electron chi connectivity index (χ1n) is 11.3. The van der Waals surface area contributed by atoms with Crippen LogP contribution in [0.25, 0.3) is 0 Å². The van der Waals surface area contributed by atoms with Crippen LogP contribution in [-0.2, 0) is 13.1 Å². The lowest BCUT2D eigenvalue weighted by atomic mass is 10.0. The topological polar surface area (TPSA) is 8.81 Å². The summed E-state index contributed by atoms with van der Waals surface area (Å²) in [6, 6.07) is 0. The third-order valence-corrected chi connectivity index (χ3v) is 5.37. The van der Waals surface area contributed by atoms with Gasteiger partial charge in [-0.2, -0.15) is 0 Å². The van der Waals surface area contributed by atoms with Crippen molar-refractivity contribution >= 4 is 0 Å². The minimum atomic E-state index is 0.608. The van der Waals surface area contributed by atoms with Crippen LogP contribution in [0.3, 0.4) is 0 Å². The van der Waals surface area contributed by atoms with E-state index >= 15 is 0 Å². The van der Waals surface area contributed by atoms with Gasteiger partial charge in [0.05, 0.1) is 19.0 Å². The smallest absolute Gasteiger partial charge is 0.234 e. The van der Waals surface area contributed by atoms with E-state index in [-0.39, 0.29) is 0 Å². The Balaban J connectivity index is 1.98. The largest absolute Gasteiger partial charge is 0.258 e. The van der Waals surface area contributed by atoms with Crippen molar-refractivity contribution in [2.24, 2.45) is 0 Å². The lowest BCUT2D eigenvalue weighted by molar-refractivity contribution is -0.705. The number of rotatable bonds is 16. The van der Waals surface area contributed by atoms with E-state index in [2.05, 4.69) is 49.2 Å². The van der Waals surface area contributed by atoms with Crippen molar-refractivity contribution < 1.29 is 4.57 Å². The van der Waals surface area contributed by atoms with Crippen molar-refractivity contribution in [2.75, 3.05) is 0 Å². The summed E-state index contributed by atoms with van der Waals surface area (Å²) in [5, 5.41) is 0. The highest BCUT2D eigenvalue weighted by Gasteiger charge is 2.18. The summed E-state index contributed by atoms with van der Waals surface area (Å²) < 4.78 is 4.87. The zero-order chi connectivity index (χ0) is 18.3. The molecule has 0 N–H and O–H groups in total. The van der Waals surface area contributed by atoms with E-state index in [1.165, 1.54) is 95.8 Å². The molecular formula is C23H45N2+. The van der Waals surface area contributed by atoms with Crippen LogP contribution >= 0.6 is 0 Å². The standard InChI is InChI=1S/C23H45N2/c1-5-7-8-9-10-11-12-13-14-15-16-17-18-19-25-21-20-24(6-2)23(25)22(3)4/h20-22H,5-19H2,1-4H3/q+1. The van der Waals surface area contributed by atoms with Crippen LogP contribution in [0.2, 0.25) is 0 Å². The summed E-state index contributed by atoms with van der Waals surface area (Å²) in [4.78, 5) is 0. The van der Waals surface area contributed by atoms with Gasteiger partial charge in [0.25, 0.3) is 5.82 Å². The van der Waals surface area contributed by atoms with Gasteiger partial charge in [-0.15, -0.1) is 0 Å². The molecule has 0 spiro atoms. The van der Waals surface area contributed by atoms with Gasteiger partial charge in [0, 0.05) is 0 Å². The quantitative estimate of drug-likeness (QED) is 0.224. The summed E-state index contributed by atoms with van der Waals surface area (Å²) in [7, 11) is 0. The molecule has 2 heteroatoms. The zero-order valence-electron chi connectivity index (χ0n) is 17.7. The van der Waals surface area contributed by atoms with Gasteiger partial charge >= 0.3 is 0 Å². The molecule has 0 aliphatic carbocycles. The SMILES string of the molecule is CCCCCCCCCCCCCCC[n+]1ccn(CC)c1C(C)C. The highest BCUT2D eigenvalue weighted by atomic mass is 15.1. The van der Waals surface area contributed by atoms with E-state index in [1.807, 2.05) is 0 Å². The number of nitrogens with zero attached hydrogens (tertiary/aromatic N) is 2. The predicted molar refractivity (Wildman–Crippen MR) is 110 cm³/mol. The van der Waals surface area contributed by atoms with Gasteiger partial charge < -0.3 is 0 Å². The molecule has 0 radical (unpaired) electrons. The Labute approximate surface area is 158 Å². The molecule has 0 aromatic carbocycles. The highest BCUT2D eigenvalue weighted by molar-refractivity contribution is 4.89. The predicted octanol–water partition coefficient (Wildman–Crippen LogP) is 7.01. The maximum atomic E-state index is 2.48. The molecule has 1 aromatic heterocycles. The summed E-state index contributed by atoms with van der Waals surface area (Å²) in [6.45, 7) is 11.4. The summed E-state index contributed by atoms with van der Waals surface area (Å²) in [6.07, 6.45) is 23.1. The van der Waals surface area contributed by atoms with Crippen molar-refractivity contribution in [1.82, 2.24) is 4.57 Å². The van der Waals surface area contributed by atoms with E-state index in [1.54, 1.807) is 0 Å². The molecule has 2 nitrogen and oxygen atoms in total. The van der Waals surface area contributed by atoms with Crippen LogP contribution in [0.1, 0.15) is 123 Å². The Morgan fingerprint density at radius 2 is 1.24 bits per heavy atom.